The van der Waals surface area contributed by atoms with Crippen LogP contribution in [0.25, 0.3) is 22.5 Å². The summed E-state index contributed by atoms with van der Waals surface area (Å²) in [6, 6.07) is 16.1. The maximum Gasteiger partial charge on any atom is 0.198 e. The zero-order chi connectivity index (χ0) is 18.4. The summed E-state index contributed by atoms with van der Waals surface area (Å²) in [5.74, 6) is 0.727. The number of aromatic nitrogens is 2. The number of hydrogen-bond acceptors (Lipinski definition) is 4. The summed E-state index contributed by atoms with van der Waals surface area (Å²) in [7, 11) is 0. The van der Waals surface area contributed by atoms with Crippen molar-refractivity contribution in [2.45, 2.75) is 26.3 Å². The van der Waals surface area contributed by atoms with Gasteiger partial charge >= 0.3 is 0 Å². The largest absolute Gasteiger partial charge is 0.299 e. The molecular weight excluding hydrogens is 334 g/mol. The second kappa shape index (κ2) is 6.39. The molecule has 1 aromatic heterocycles. The van der Waals surface area contributed by atoms with Crippen LogP contribution < -0.4 is 0 Å². The van der Waals surface area contributed by atoms with Crippen LogP contribution in [0.3, 0.4) is 0 Å². The Bertz CT molecular complexity index is 1040. The third kappa shape index (κ3) is 2.77. The molecule has 2 aliphatic rings. The van der Waals surface area contributed by atoms with E-state index in [4.69, 9.17) is 0 Å². The van der Waals surface area contributed by atoms with Gasteiger partial charge in [-0.1, -0.05) is 42.5 Å². The van der Waals surface area contributed by atoms with Gasteiger partial charge in [0.05, 0.1) is 17.0 Å². The fourth-order valence-corrected chi connectivity index (χ4v) is 4.20. The monoisotopic (exact) mass is 355 g/mol. The van der Waals surface area contributed by atoms with Gasteiger partial charge in [-0.05, 0) is 44.5 Å². The van der Waals surface area contributed by atoms with Crippen molar-refractivity contribution in [1.29, 1.82) is 0 Å². The van der Waals surface area contributed by atoms with Crippen molar-refractivity contribution in [2.75, 3.05) is 13.1 Å². The zero-order valence-electron chi connectivity index (χ0n) is 15.4. The van der Waals surface area contributed by atoms with E-state index < -0.39 is 0 Å². The predicted octanol–water partition coefficient (Wildman–Crippen LogP) is 4.26. The minimum atomic E-state index is 0.0339. The molecule has 0 radical (unpaired) electrons. The molecule has 134 valence electrons. The summed E-state index contributed by atoms with van der Waals surface area (Å²) in [4.78, 5) is 24.9. The molecule has 0 amide bonds. The highest BCUT2D eigenvalue weighted by molar-refractivity contribution is 6.23. The number of likely N-dealkylation sites (tertiary alicyclic amines) is 1. The van der Waals surface area contributed by atoms with E-state index in [1.54, 1.807) is 0 Å². The number of carbonyl (C=O) groups excluding carboxylic acids is 1. The van der Waals surface area contributed by atoms with Crippen LogP contribution in [0.5, 0.6) is 0 Å². The Morgan fingerprint density at radius 2 is 1.67 bits per heavy atom. The average Bonchev–Trinajstić information content (AvgIpc) is 3.29. The lowest BCUT2D eigenvalue weighted by molar-refractivity contribution is 0.104. The van der Waals surface area contributed by atoms with Gasteiger partial charge in [0, 0.05) is 23.2 Å². The lowest BCUT2D eigenvalue weighted by Gasteiger charge is -2.15. The molecular formula is C23H21N3O. The Kier molecular flexibility index (Phi) is 3.87. The Labute approximate surface area is 158 Å². The molecule has 0 spiro atoms. The summed E-state index contributed by atoms with van der Waals surface area (Å²) in [6.07, 6.45) is 2.55. The van der Waals surface area contributed by atoms with E-state index in [0.717, 1.165) is 47.7 Å². The fraction of sp³-hybridized carbons (Fsp3) is 0.261. The summed E-state index contributed by atoms with van der Waals surface area (Å²) < 4.78 is 0. The van der Waals surface area contributed by atoms with Crippen molar-refractivity contribution in [2.24, 2.45) is 0 Å². The lowest BCUT2D eigenvalue weighted by atomic mass is 10.0. The van der Waals surface area contributed by atoms with E-state index in [-0.39, 0.29) is 5.78 Å². The summed E-state index contributed by atoms with van der Waals surface area (Å²) in [6.45, 7) is 5.15. The first kappa shape index (κ1) is 16.3. The van der Waals surface area contributed by atoms with Gasteiger partial charge in [-0.2, -0.15) is 0 Å². The van der Waals surface area contributed by atoms with Gasteiger partial charge in [0.25, 0.3) is 0 Å². The molecule has 1 saturated heterocycles. The second-order valence-corrected chi connectivity index (χ2v) is 7.40. The average molecular weight is 355 g/mol. The van der Waals surface area contributed by atoms with Crippen molar-refractivity contribution < 1.29 is 4.79 Å². The van der Waals surface area contributed by atoms with Crippen LogP contribution in [0.1, 0.15) is 40.2 Å². The summed E-state index contributed by atoms with van der Waals surface area (Å²) in [5.41, 5.74) is 6.05. The Morgan fingerprint density at radius 3 is 2.44 bits per heavy atom. The molecule has 4 heteroatoms. The van der Waals surface area contributed by atoms with Crippen molar-refractivity contribution >= 4 is 5.78 Å². The molecule has 2 aromatic carbocycles. The number of carbonyl (C=O) groups is 1. The first-order chi connectivity index (χ1) is 13.2. The molecule has 2 heterocycles. The van der Waals surface area contributed by atoms with Crippen LogP contribution in [-0.4, -0.2) is 33.7 Å². The highest BCUT2D eigenvalue weighted by Gasteiger charge is 2.32. The molecule has 0 N–H and O–H groups in total. The fourth-order valence-electron chi connectivity index (χ4n) is 4.20. The number of aryl methyl sites for hydroxylation is 1. The van der Waals surface area contributed by atoms with E-state index in [1.165, 1.54) is 18.4 Å². The Hall–Kier alpha value is -2.85. The van der Waals surface area contributed by atoms with Gasteiger partial charge in [-0.25, -0.2) is 9.97 Å². The van der Waals surface area contributed by atoms with Crippen molar-refractivity contribution in [1.82, 2.24) is 14.9 Å². The first-order valence-electron chi connectivity index (χ1n) is 9.55. The van der Waals surface area contributed by atoms with E-state index in [9.17, 15) is 4.79 Å². The maximum absolute atomic E-state index is 13.2. The first-order valence-corrected chi connectivity index (χ1v) is 9.55. The molecule has 4 nitrogen and oxygen atoms in total. The minimum Gasteiger partial charge on any atom is -0.299 e. The molecule has 1 fully saturated rings. The van der Waals surface area contributed by atoms with Crippen LogP contribution in [0.15, 0.2) is 48.5 Å². The van der Waals surface area contributed by atoms with Gasteiger partial charge in [-0.3, -0.25) is 9.69 Å². The van der Waals surface area contributed by atoms with E-state index in [1.807, 2.05) is 43.3 Å². The third-order valence-corrected chi connectivity index (χ3v) is 5.48. The van der Waals surface area contributed by atoms with E-state index >= 15 is 0 Å². The number of hydrogen-bond donors (Lipinski definition) is 0. The smallest absolute Gasteiger partial charge is 0.198 e. The normalized spacial score (nSPS) is 15.8. The van der Waals surface area contributed by atoms with Crippen LogP contribution in [0, 0.1) is 6.92 Å². The van der Waals surface area contributed by atoms with Gasteiger partial charge in [0.2, 0.25) is 0 Å². The SMILES string of the molecule is Cc1nc(-c2ccccc2)c2c(n1)-c1cc(CN3CCCC3)ccc1C2=O. The van der Waals surface area contributed by atoms with Crippen LogP contribution in [0.4, 0.5) is 0 Å². The molecule has 1 aliphatic carbocycles. The molecule has 1 aliphatic heterocycles. The number of benzene rings is 2. The molecule has 0 unspecified atom stereocenters. The van der Waals surface area contributed by atoms with Gasteiger partial charge in [-0.15, -0.1) is 0 Å². The maximum atomic E-state index is 13.2. The lowest BCUT2D eigenvalue weighted by Crippen LogP contribution is -2.18. The number of nitrogens with zero attached hydrogens (tertiary/aromatic N) is 3. The molecule has 3 aromatic rings. The minimum absolute atomic E-state index is 0.0339. The molecule has 0 bridgehead atoms. The topological polar surface area (TPSA) is 46.1 Å². The predicted molar refractivity (Wildman–Crippen MR) is 106 cm³/mol. The van der Waals surface area contributed by atoms with Crippen molar-refractivity contribution in [3.05, 3.63) is 71.0 Å². The highest BCUT2D eigenvalue weighted by Crippen LogP contribution is 2.40. The van der Waals surface area contributed by atoms with E-state index in [0.29, 0.717) is 11.4 Å². The van der Waals surface area contributed by atoms with Crippen LogP contribution >= 0.6 is 0 Å². The second-order valence-electron chi connectivity index (χ2n) is 7.40. The summed E-state index contributed by atoms with van der Waals surface area (Å²) in [5, 5.41) is 0. The third-order valence-electron chi connectivity index (χ3n) is 5.48. The zero-order valence-corrected chi connectivity index (χ0v) is 15.4. The number of ketones is 1. The highest BCUT2D eigenvalue weighted by atomic mass is 16.1. The van der Waals surface area contributed by atoms with Crippen molar-refractivity contribution in [3.63, 3.8) is 0 Å². The Balaban J connectivity index is 1.63. The Morgan fingerprint density at radius 1 is 0.926 bits per heavy atom. The van der Waals surface area contributed by atoms with E-state index in [2.05, 4.69) is 27.0 Å². The number of fused-ring (bicyclic) bond motifs is 3. The van der Waals surface area contributed by atoms with Gasteiger partial charge < -0.3 is 0 Å². The quantitative estimate of drug-likeness (QED) is 0.551. The molecule has 0 atom stereocenters. The van der Waals surface area contributed by atoms with Crippen molar-refractivity contribution in [3.8, 4) is 22.5 Å². The standard InChI is InChI=1S/C23H21N3O/c1-15-24-21(17-7-3-2-4-8-17)20-22(25-15)19-13-16(9-10-18(19)23(20)27)14-26-11-5-6-12-26/h2-4,7-10,13H,5-6,11-12,14H2,1H3. The number of rotatable bonds is 3. The van der Waals surface area contributed by atoms with Gasteiger partial charge in [0.1, 0.15) is 5.82 Å². The molecule has 5 rings (SSSR count). The van der Waals surface area contributed by atoms with Gasteiger partial charge in [0.15, 0.2) is 5.78 Å². The van der Waals surface area contributed by atoms with Crippen LogP contribution in [-0.2, 0) is 6.54 Å². The van der Waals surface area contributed by atoms with Crippen LogP contribution in [0.2, 0.25) is 0 Å². The molecule has 0 saturated carbocycles. The molecule has 27 heavy (non-hydrogen) atoms. The summed E-state index contributed by atoms with van der Waals surface area (Å²) >= 11 is 0.